The number of hydrogen-bond acceptors (Lipinski definition) is 2. The Balaban J connectivity index is 1.15. The van der Waals surface area contributed by atoms with Gasteiger partial charge in [-0.15, -0.1) is 6.58 Å². The van der Waals surface area contributed by atoms with Crippen molar-refractivity contribution < 1.29 is 27.0 Å². The molecule has 1 atom stereocenters. The van der Waals surface area contributed by atoms with Crippen LogP contribution in [0.4, 0.5) is 17.6 Å². The van der Waals surface area contributed by atoms with Crippen LogP contribution in [0.1, 0.15) is 86.0 Å². The Morgan fingerprint density at radius 1 is 0.743 bits per heavy atom. The van der Waals surface area contributed by atoms with E-state index in [2.05, 4.69) is 6.58 Å². The zero-order valence-electron chi connectivity index (χ0n) is 19.9. The Hall–Kier alpha value is -2.34. The third-order valence-electron chi connectivity index (χ3n) is 8.21. The van der Waals surface area contributed by atoms with Crippen LogP contribution in [-0.2, 0) is 4.74 Å². The van der Waals surface area contributed by atoms with Crippen LogP contribution in [0.3, 0.4) is 0 Å². The molecule has 0 amide bonds. The molecule has 1 heterocycles. The second-order valence-corrected chi connectivity index (χ2v) is 10.4. The van der Waals surface area contributed by atoms with Gasteiger partial charge in [0.2, 0.25) is 5.82 Å². The van der Waals surface area contributed by atoms with Gasteiger partial charge in [-0.25, -0.2) is 13.2 Å². The van der Waals surface area contributed by atoms with Gasteiger partial charge in [-0.05, 0) is 92.2 Å². The molecule has 5 rings (SSSR count). The molecule has 2 nitrogen and oxygen atoms in total. The van der Waals surface area contributed by atoms with Crippen molar-refractivity contribution in [3.63, 3.8) is 0 Å². The molecule has 0 bridgehead atoms. The van der Waals surface area contributed by atoms with Gasteiger partial charge in [0.15, 0.2) is 23.2 Å². The molecule has 0 spiro atoms. The van der Waals surface area contributed by atoms with E-state index in [1.807, 2.05) is 6.08 Å². The lowest BCUT2D eigenvalue weighted by molar-refractivity contribution is 0.191. The van der Waals surface area contributed by atoms with Crippen molar-refractivity contribution in [3.05, 3.63) is 76.9 Å². The Kier molecular flexibility index (Phi) is 7.19. The van der Waals surface area contributed by atoms with Crippen molar-refractivity contribution in [1.29, 1.82) is 0 Å². The summed E-state index contributed by atoms with van der Waals surface area (Å²) in [7, 11) is 0. The molecule has 3 fully saturated rings. The second-order valence-electron chi connectivity index (χ2n) is 10.4. The Labute approximate surface area is 204 Å². The number of rotatable bonds is 7. The highest BCUT2D eigenvalue weighted by atomic mass is 19.2. The van der Waals surface area contributed by atoms with Gasteiger partial charge in [-0.1, -0.05) is 24.3 Å². The third-order valence-corrected chi connectivity index (χ3v) is 8.21. The molecule has 35 heavy (non-hydrogen) atoms. The lowest BCUT2D eigenvalue weighted by atomic mass is 9.78. The standard InChI is InChI=1S/C29H32F4O2/c1-2-17-3-7-19(8-4-17)22-13-14-24(29(33)27(22)31)34-15-18-5-9-20(10-6-18)21-11-12-23(25-16-35-25)28(32)26(21)30/h2,11-14,17-20,25H,1,3-10,15-16H2. The molecule has 1 saturated heterocycles. The maximum absolute atomic E-state index is 14.8. The first-order valence-corrected chi connectivity index (χ1v) is 12.8. The van der Waals surface area contributed by atoms with Crippen molar-refractivity contribution in [3.8, 4) is 5.75 Å². The van der Waals surface area contributed by atoms with E-state index in [1.165, 1.54) is 0 Å². The minimum Gasteiger partial charge on any atom is -0.490 e. The molecule has 1 unspecified atom stereocenters. The molecular formula is C29H32F4O2. The van der Waals surface area contributed by atoms with E-state index in [-0.39, 0.29) is 41.8 Å². The highest BCUT2D eigenvalue weighted by molar-refractivity contribution is 5.34. The maximum Gasteiger partial charge on any atom is 0.200 e. The van der Waals surface area contributed by atoms with E-state index in [0.717, 1.165) is 38.5 Å². The Morgan fingerprint density at radius 2 is 1.26 bits per heavy atom. The molecule has 1 aliphatic heterocycles. The van der Waals surface area contributed by atoms with Crippen molar-refractivity contribution in [2.24, 2.45) is 11.8 Å². The van der Waals surface area contributed by atoms with Crippen LogP contribution in [0.2, 0.25) is 0 Å². The zero-order chi connectivity index (χ0) is 24.5. The summed E-state index contributed by atoms with van der Waals surface area (Å²) in [6, 6.07) is 6.52. The van der Waals surface area contributed by atoms with Crippen LogP contribution < -0.4 is 4.74 Å². The molecule has 188 valence electrons. The number of benzene rings is 2. The molecule has 0 N–H and O–H groups in total. The number of hydrogen-bond donors (Lipinski definition) is 0. The summed E-state index contributed by atoms with van der Waals surface area (Å²) in [6.45, 7) is 4.55. The number of epoxide rings is 1. The molecule has 2 aliphatic carbocycles. The van der Waals surface area contributed by atoms with Crippen molar-refractivity contribution >= 4 is 0 Å². The first-order valence-electron chi connectivity index (χ1n) is 12.8. The van der Waals surface area contributed by atoms with Crippen LogP contribution in [0.5, 0.6) is 5.75 Å². The van der Waals surface area contributed by atoms with Gasteiger partial charge in [-0.2, -0.15) is 4.39 Å². The van der Waals surface area contributed by atoms with Crippen LogP contribution in [0.25, 0.3) is 0 Å². The largest absolute Gasteiger partial charge is 0.490 e. The molecule has 0 aromatic heterocycles. The lowest BCUT2D eigenvalue weighted by Gasteiger charge is -2.29. The highest BCUT2D eigenvalue weighted by Gasteiger charge is 2.32. The Bertz CT molecular complexity index is 1060. The second kappa shape index (κ2) is 10.3. The summed E-state index contributed by atoms with van der Waals surface area (Å²) >= 11 is 0. The number of allylic oxidation sites excluding steroid dienone is 1. The highest BCUT2D eigenvalue weighted by Crippen LogP contribution is 2.41. The minimum atomic E-state index is -0.917. The van der Waals surface area contributed by atoms with Gasteiger partial charge >= 0.3 is 0 Å². The van der Waals surface area contributed by atoms with Gasteiger partial charge in [0.25, 0.3) is 0 Å². The third kappa shape index (κ3) is 5.13. The van der Waals surface area contributed by atoms with E-state index >= 15 is 0 Å². The van der Waals surface area contributed by atoms with E-state index in [9.17, 15) is 17.6 Å². The fraction of sp³-hybridized carbons (Fsp3) is 0.517. The van der Waals surface area contributed by atoms with Crippen molar-refractivity contribution in [2.45, 2.75) is 69.3 Å². The molecule has 2 aromatic carbocycles. The summed E-state index contributed by atoms with van der Waals surface area (Å²) < 4.78 is 69.4. The Morgan fingerprint density at radius 3 is 1.86 bits per heavy atom. The van der Waals surface area contributed by atoms with Gasteiger partial charge in [-0.3, -0.25) is 0 Å². The normalized spacial score (nSPS) is 28.5. The zero-order valence-corrected chi connectivity index (χ0v) is 19.9. The first-order chi connectivity index (χ1) is 17.0. The van der Waals surface area contributed by atoms with Gasteiger partial charge in [0, 0.05) is 5.56 Å². The summed E-state index contributed by atoms with van der Waals surface area (Å²) in [5, 5.41) is 0. The topological polar surface area (TPSA) is 21.8 Å². The summed E-state index contributed by atoms with van der Waals surface area (Å²) in [5.41, 5.74) is 1.14. The first kappa shape index (κ1) is 24.4. The van der Waals surface area contributed by atoms with E-state index in [0.29, 0.717) is 36.5 Å². The fourth-order valence-electron chi connectivity index (χ4n) is 5.86. The van der Waals surface area contributed by atoms with E-state index in [1.54, 1.807) is 24.3 Å². The predicted octanol–water partition coefficient (Wildman–Crippen LogP) is 8.13. The smallest absolute Gasteiger partial charge is 0.200 e. The van der Waals surface area contributed by atoms with Gasteiger partial charge in [0.1, 0.15) is 6.10 Å². The van der Waals surface area contributed by atoms with E-state index < -0.39 is 23.3 Å². The predicted molar refractivity (Wildman–Crippen MR) is 126 cm³/mol. The average molecular weight is 489 g/mol. The van der Waals surface area contributed by atoms with Crippen LogP contribution in [0.15, 0.2) is 36.9 Å². The number of halogens is 4. The quantitative estimate of drug-likeness (QED) is 0.223. The molecule has 6 heteroatoms. The van der Waals surface area contributed by atoms with Crippen LogP contribution in [0, 0.1) is 35.1 Å². The van der Waals surface area contributed by atoms with Gasteiger partial charge < -0.3 is 9.47 Å². The maximum atomic E-state index is 14.8. The minimum absolute atomic E-state index is 0.0288. The average Bonchev–Trinajstić information content (AvgIpc) is 3.72. The van der Waals surface area contributed by atoms with Crippen LogP contribution in [-0.4, -0.2) is 13.2 Å². The molecule has 3 aliphatic rings. The molecule has 0 radical (unpaired) electrons. The molecular weight excluding hydrogens is 456 g/mol. The van der Waals surface area contributed by atoms with Crippen molar-refractivity contribution in [1.82, 2.24) is 0 Å². The summed E-state index contributed by atoms with van der Waals surface area (Å²) in [4.78, 5) is 0. The van der Waals surface area contributed by atoms with Crippen LogP contribution >= 0.6 is 0 Å². The molecule has 2 aromatic rings. The summed E-state index contributed by atoms with van der Waals surface area (Å²) in [5.74, 6) is -2.75. The molecule has 2 saturated carbocycles. The van der Waals surface area contributed by atoms with Gasteiger partial charge in [0.05, 0.1) is 13.2 Å². The van der Waals surface area contributed by atoms with Crippen molar-refractivity contribution in [2.75, 3.05) is 13.2 Å². The SMILES string of the molecule is C=CC1CCC(c2ccc(OCC3CCC(c4ccc(C5CO5)c(F)c4F)CC3)c(F)c2F)CC1. The lowest BCUT2D eigenvalue weighted by Crippen LogP contribution is -2.20. The summed E-state index contributed by atoms with van der Waals surface area (Å²) in [6.07, 6.45) is 8.11. The van der Waals surface area contributed by atoms with E-state index in [4.69, 9.17) is 9.47 Å². The fourth-order valence-corrected chi connectivity index (χ4v) is 5.86. The number of ether oxygens (including phenoxy) is 2. The monoisotopic (exact) mass is 488 g/mol.